The summed E-state index contributed by atoms with van der Waals surface area (Å²) in [4.78, 5) is 12.2. The maximum atomic E-state index is 6.72. The molecule has 1 aliphatic heterocycles. The molecule has 3 aromatic heterocycles. The van der Waals surface area contributed by atoms with Crippen LogP contribution < -0.4 is 15.0 Å². The molecule has 10 rings (SSSR count). The van der Waals surface area contributed by atoms with E-state index in [1.807, 2.05) is 12.4 Å². The summed E-state index contributed by atoms with van der Waals surface area (Å²) in [6.07, 6.45) is 5.92. The zero-order chi connectivity index (χ0) is 38.0. The van der Waals surface area contributed by atoms with Crippen molar-refractivity contribution in [1.82, 2.24) is 19.0 Å². The van der Waals surface area contributed by atoms with Crippen LogP contribution >= 0.6 is 0 Å². The number of ether oxygens (including phenoxy) is 1. The molecule has 0 N–H and O–H groups in total. The van der Waals surface area contributed by atoms with E-state index in [2.05, 4.69) is 200 Å². The number of rotatable bonds is 6. The summed E-state index contributed by atoms with van der Waals surface area (Å²) in [6.45, 7) is 6.56. The molecule has 0 spiro atoms. The third kappa shape index (κ3) is 5.58. The quantitative estimate of drug-likeness (QED) is 0.160. The molecule has 0 amide bonds. The van der Waals surface area contributed by atoms with Crippen LogP contribution in [0.15, 0.2) is 170 Å². The standard InChI is InChI=1S/C49H40BN5O/c1-49(2,3)35-26-27-51-46(30-35)55-44-21-12-11-18-40(44)41-24-22-37(32-45(41)55)56-36-23-25-43-42(31-36)48-52-28-29-54(48)50(53(43)4)47-38(33-14-7-5-8-15-33)19-13-20-39(47)34-16-9-6-10-17-34/h5-32H,1-4H3. The van der Waals surface area contributed by atoms with Gasteiger partial charge in [0.2, 0.25) is 0 Å². The Kier molecular flexibility index (Phi) is 7.92. The number of benzene rings is 6. The Labute approximate surface area is 327 Å². The van der Waals surface area contributed by atoms with Gasteiger partial charge in [-0.15, -0.1) is 0 Å². The van der Waals surface area contributed by atoms with E-state index in [0.29, 0.717) is 0 Å². The Hall–Kier alpha value is -6.86. The predicted molar refractivity (Wildman–Crippen MR) is 232 cm³/mol. The van der Waals surface area contributed by atoms with Crippen LogP contribution in [0.2, 0.25) is 0 Å². The Morgan fingerprint density at radius 1 is 0.571 bits per heavy atom. The zero-order valence-corrected chi connectivity index (χ0v) is 31.9. The molecule has 0 unspecified atom stereocenters. The Bertz CT molecular complexity index is 2850. The average molecular weight is 726 g/mol. The van der Waals surface area contributed by atoms with E-state index in [4.69, 9.17) is 14.7 Å². The summed E-state index contributed by atoms with van der Waals surface area (Å²) in [6, 6.07) is 53.5. The first-order valence-electron chi connectivity index (χ1n) is 19.2. The van der Waals surface area contributed by atoms with Crippen molar-refractivity contribution in [3.8, 4) is 51.0 Å². The van der Waals surface area contributed by atoms with Gasteiger partial charge in [-0.1, -0.05) is 118 Å². The average Bonchev–Trinajstić information content (AvgIpc) is 3.85. The van der Waals surface area contributed by atoms with Crippen LogP contribution in [0.4, 0.5) is 5.69 Å². The summed E-state index contributed by atoms with van der Waals surface area (Å²) in [5, 5.41) is 2.33. The van der Waals surface area contributed by atoms with Crippen LogP contribution in [-0.4, -0.2) is 33.0 Å². The number of hydrogen-bond donors (Lipinski definition) is 0. The number of imidazole rings is 1. The fraction of sp³-hybridized carbons (Fsp3) is 0.102. The number of pyridine rings is 1. The summed E-state index contributed by atoms with van der Waals surface area (Å²) in [7, 11) is 2.18. The zero-order valence-electron chi connectivity index (χ0n) is 31.9. The van der Waals surface area contributed by atoms with Gasteiger partial charge in [0.05, 0.1) is 11.0 Å². The molecule has 56 heavy (non-hydrogen) atoms. The fourth-order valence-electron chi connectivity index (χ4n) is 8.42. The van der Waals surface area contributed by atoms with Crippen molar-refractivity contribution < 1.29 is 4.74 Å². The highest BCUT2D eigenvalue weighted by Gasteiger charge is 2.38. The monoisotopic (exact) mass is 725 g/mol. The lowest BCUT2D eigenvalue weighted by Crippen LogP contribution is -2.55. The van der Waals surface area contributed by atoms with Crippen molar-refractivity contribution in [2.75, 3.05) is 11.9 Å². The minimum absolute atomic E-state index is 0.00453. The Balaban J connectivity index is 1.06. The molecule has 0 bridgehead atoms. The first kappa shape index (κ1) is 33.7. The van der Waals surface area contributed by atoms with Crippen LogP contribution in [0.5, 0.6) is 11.5 Å². The summed E-state index contributed by atoms with van der Waals surface area (Å²) >= 11 is 0. The van der Waals surface area contributed by atoms with Crippen LogP contribution in [0, 0.1) is 0 Å². The highest BCUT2D eigenvalue weighted by molar-refractivity contribution is 6.78. The lowest BCUT2D eigenvalue weighted by atomic mass is 9.59. The van der Waals surface area contributed by atoms with Gasteiger partial charge < -0.3 is 14.0 Å². The van der Waals surface area contributed by atoms with Gasteiger partial charge in [-0.05, 0) is 94.3 Å². The number of para-hydroxylation sites is 1. The maximum Gasteiger partial charge on any atom is 0.417 e. The summed E-state index contributed by atoms with van der Waals surface area (Å²) in [5.41, 5.74) is 11.5. The van der Waals surface area contributed by atoms with Crippen LogP contribution in [0.3, 0.4) is 0 Å². The van der Waals surface area contributed by atoms with E-state index in [9.17, 15) is 0 Å². The van der Waals surface area contributed by atoms with Crippen LogP contribution in [0.25, 0.3) is 61.3 Å². The predicted octanol–water partition coefficient (Wildman–Crippen LogP) is 11.2. The van der Waals surface area contributed by atoms with Gasteiger partial charge in [0.1, 0.15) is 23.1 Å². The molecule has 0 atom stereocenters. The van der Waals surface area contributed by atoms with Crippen LogP contribution in [0.1, 0.15) is 26.3 Å². The third-order valence-corrected chi connectivity index (χ3v) is 11.1. The largest absolute Gasteiger partial charge is 0.457 e. The molecule has 6 aromatic carbocycles. The van der Waals surface area contributed by atoms with Crippen molar-refractivity contribution in [3.05, 3.63) is 176 Å². The second kappa shape index (κ2) is 13.2. The van der Waals surface area contributed by atoms with E-state index in [1.54, 1.807) is 0 Å². The molecule has 1 aliphatic rings. The first-order valence-corrected chi connectivity index (χ1v) is 19.2. The van der Waals surface area contributed by atoms with E-state index in [-0.39, 0.29) is 12.4 Å². The molecule has 4 heterocycles. The molecule has 0 saturated heterocycles. The normalized spacial score (nSPS) is 12.6. The molecular weight excluding hydrogens is 685 g/mol. The van der Waals surface area contributed by atoms with Crippen molar-refractivity contribution in [2.45, 2.75) is 26.2 Å². The summed E-state index contributed by atoms with van der Waals surface area (Å²) < 4.78 is 11.3. The second-order valence-electron chi connectivity index (χ2n) is 15.6. The highest BCUT2D eigenvalue weighted by atomic mass is 16.5. The minimum Gasteiger partial charge on any atom is -0.457 e. The molecule has 0 fully saturated rings. The van der Waals surface area contributed by atoms with Gasteiger partial charge in [-0.3, -0.25) is 4.57 Å². The highest BCUT2D eigenvalue weighted by Crippen LogP contribution is 2.41. The second-order valence-corrected chi connectivity index (χ2v) is 15.6. The lowest BCUT2D eigenvalue weighted by Gasteiger charge is -2.37. The van der Waals surface area contributed by atoms with Gasteiger partial charge in [0, 0.05) is 46.7 Å². The van der Waals surface area contributed by atoms with Crippen LogP contribution in [-0.2, 0) is 5.41 Å². The smallest absolute Gasteiger partial charge is 0.417 e. The number of anilines is 1. The van der Waals surface area contributed by atoms with Gasteiger partial charge in [-0.2, -0.15) is 0 Å². The molecule has 0 radical (unpaired) electrons. The first-order chi connectivity index (χ1) is 27.3. The Morgan fingerprint density at radius 3 is 1.96 bits per heavy atom. The molecule has 270 valence electrons. The van der Waals surface area contributed by atoms with E-state index in [0.717, 1.165) is 50.8 Å². The van der Waals surface area contributed by atoms with Crippen molar-refractivity contribution in [1.29, 1.82) is 0 Å². The fourth-order valence-corrected chi connectivity index (χ4v) is 8.42. The molecule has 9 aromatic rings. The summed E-state index contributed by atoms with van der Waals surface area (Å²) in [5.74, 6) is 3.29. The van der Waals surface area contributed by atoms with Gasteiger partial charge >= 0.3 is 6.98 Å². The number of aromatic nitrogens is 4. The maximum absolute atomic E-state index is 6.72. The van der Waals surface area contributed by atoms with E-state index in [1.165, 1.54) is 38.7 Å². The Morgan fingerprint density at radius 2 is 1.23 bits per heavy atom. The van der Waals surface area contributed by atoms with Crippen molar-refractivity contribution in [2.24, 2.45) is 0 Å². The number of nitrogens with zero attached hydrogens (tertiary/aromatic N) is 5. The van der Waals surface area contributed by atoms with E-state index >= 15 is 0 Å². The molecule has 0 aliphatic carbocycles. The molecule has 0 saturated carbocycles. The van der Waals surface area contributed by atoms with Gasteiger partial charge in [0.15, 0.2) is 0 Å². The topological polar surface area (TPSA) is 48.1 Å². The minimum atomic E-state index is -0.145. The van der Waals surface area contributed by atoms with Gasteiger partial charge in [-0.25, -0.2) is 9.97 Å². The molecule has 6 nitrogen and oxygen atoms in total. The van der Waals surface area contributed by atoms with Crippen molar-refractivity contribution >= 4 is 39.9 Å². The molecule has 7 heteroatoms. The third-order valence-electron chi connectivity index (χ3n) is 11.1. The SMILES string of the molecule is CN1B(c2c(-c3ccccc3)cccc2-c2ccccc2)n2ccnc2-c2cc(Oc3ccc4c5ccccc5n(-c5cc(C(C)(C)C)ccn5)c4c3)ccc21. The molecular formula is C49H40BN5O. The lowest BCUT2D eigenvalue weighted by molar-refractivity contribution is 0.483. The number of fused-ring (bicyclic) bond motifs is 6. The number of hydrogen-bond acceptors (Lipinski definition) is 4. The van der Waals surface area contributed by atoms with Gasteiger partial charge in [0.25, 0.3) is 0 Å². The van der Waals surface area contributed by atoms with Crippen molar-refractivity contribution in [3.63, 3.8) is 0 Å². The van der Waals surface area contributed by atoms with E-state index < -0.39 is 0 Å².